The zero-order valence-corrected chi connectivity index (χ0v) is 18.9. The number of carbonyl (C=O) groups is 1. The molecule has 2 aromatic carbocycles. The van der Waals surface area contributed by atoms with Gasteiger partial charge in [0, 0.05) is 42.5 Å². The highest BCUT2D eigenvalue weighted by atomic mass is 32.1. The van der Waals surface area contributed by atoms with Gasteiger partial charge in [0.05, 0.1) is 30.5 Å². The number of ether oxygens (including phenoxy) is 2. The van der Waals surface area contributed by atoms with Gasteiger partial charge in [-0.15, -0.1) is 11.3 Å². The third kappa shape index (κ3) is 4.68. The first-order chi connectivity index (χ1) is 16.2. The summed E-state index contributed by atoms with van der Waals surface area (Å²) >= 11 is 1.58. The largest absolute Gasteiger partial charge is 0.497 e. The number of nitrogens with zero attached hydrogens (tertiary/aromatic N) is 4. The van der Waals surface area contributed by atoms with Crippen LogP contribution in [0.4, 0.5) is 11.4 Å². The lowest BCUT2D eigenvalue weighted by Gasteiger charge is -2.19. The summed E-state index contributed by atoms with van der Waals surface area (Å²) in [5, 5.41) is 4.99. The molecule has 5 rings (SSSR count). The molecule has 0 saturated heterocycles. The molecule has 8 nitrogen and oxygen atoms in total. The summed E-state index contributed by atoms with van der Waals surface area (Å²) < 4.78 is 15.1. The molecule has 0 atom stereocenters. The number of aromatic nitrogens is 3. The Morgan fingerprint density at radius 2 is 2.18 bits per heavy atom. The van der Waals surface area contributed by atoms with Gasteiger partial charge in [-0.25, -0.2) is 9.98 Å². The molecule has 1 N–H and O–H groups in total. The van der Waals surface area contributed by atoms with Crippen LogP contribution >= 0.6 is 11.3 Å². The lowest BCUT2D eigenvalue weighted by atomic mass is 10.1. The number of nitrogens with one attached hydrogen (secondary N) is 1. The van der Waals surface area contributed by atoms with Gasteiger partial charge in [0.15, 0.2) is 11.4 Å². The maximum absolute atomic E-state index is 11.8. The van der Waals surface area contributed by atoms with Crippen molar-refractivity contribution in [1.82, 2.24) is 14.1 Å². The van der Waals surface area contributed by atoms with Crippen LogP contribution < -0.4 is 19.6 Å². The predicted molar refractivity (Wildman–Crippen MR) is 127 cm³/mol. The molecule has 0 radical (unpaired) electrons. The van der Waals surface area contributed by atoms with Crippen LogP contribution in [0.1, 0.15) is 6.42 Å². The van der Waals surface area contributed by atoms with Crippen LogP contribution in [0.5, 0.6) is 11.5 Å². The van der Waals surface area contributed by atoms with E-state index in [0.29, 0.717) is 11.4 Å². The van der Waals surface area contributed by atoms with E-state index in [2.05, 4.69) is 24.8 Å². The number of fused-ring (bicyclic) bond motifs is 1. The molecular weight excluding hydrogens is 438 g/mol. The van der Waals surface area contributed by atoms with E-state index in [1.165, 1.54) is 0 Å². The number of carbonyl (C=O) groups excluding carboxylic acids is 1. The highest BCUT2D eigenvalue weighted by molar-refractivity contribution is 7.07. The summed E-state index contributed by atoms with van der Waals surface area (Å²) in [5.41, 5.74) is 3.55. The van der Waals surface area contributed by atoms with E-state index in [9.17, 15) is 4.79 Å². The van der Waals surface area contributed by atoms with Crippen molar-refractivity contribution >= 4 is 28.6 Å². The van der Waals surface area contributed by atoms with E-state index in [0.717, 1.165) is 47.0 Å². The number of hydrogen-bond donors (Lipinski definition) is 1. The molecule has 2 aromatic heterocycles. The maximum Gasteiger partial charge on any atom is 0.262 e. The Bertz CT molecular complexity index is 1340. The molecule has 0 aliphatic carbocycles. The fraction of sp³-hybridized carbons (Fsp3) is 0.208. The molecule has 9 heteroatoms. The van der Waals surface area contributed by atoms with E-state index in [1.54, 1.807) is 24.6 Å². The van der Waals surface area contributed by atoms with Crippen LogP contribution in [-0.4, -0.2) is 33.7 Å². The van der Waals surface area contributed by atoms with E-state index in [4.69, 9.17) is 14.5 Å². The van der Waals surface area contributed by atoms with Crippen LogP contribution in [0.2, 0.25) is 0 Å². The second-order valence-electron chi connectivity index (χ2n) is 7.57. The quantitative estimate of drug-likeness (QED) is 0.450. The minimum absolute atomic E-state index is 0.0443. The Balaban J connectivity index is 1.52. The molecule has 1 aliphatic heterocycles. The van der Waals surface area contributed by atoms with E-state index in [1.807, 2.05) is 55.0 Å². The van der Waals surface area contributed by atoms with Crippen molar-refractivity contribution in [2.75, 3.05) is 19.0 Å². The first-order valence-corrected chi connectivity index (χ1v) is 11.5. The van der Waals surface area contributed by atoms with E-state index < -0.39 is 0 Å². The molecule has 0 saturated carbocycles. The minimum Gasteiger partial charge on any atom is -0.497 e. The van der Waals surface area contributed by atoms with E-state index in [-0.39, 0.29) is 12.5 Å². The Morgan fingerprint density at radius 1 is 1.24 bits per heavy atom. The normalized spacial score (nSPS) is 13.4. The van der Waals surface area contributed by atoms with Crippen molar-refractivity contribution in [1.29, 1.82) is 0 Å². The molecule has 33 heavy (non-hydrogen) atoms. The molecule has 1 aliphatic rings. The molecule has 0 spiro atoms. The average molecular weight is 462 g/mol. The lowest BCUT2D eigenvalue weighted by Crippen LogP contribution is -2.25. The summed E-state index contributed by atoms with van der Waals surface area (Å²) in [6.45, 7) is 1.68. The fourth-order valence-electron chi connectivity index (χ4n) is 3.73. The van der Waals surface area contributed by atoms with Crippen LogP contribution in [-0.2, 0) is 17.9 Å². The number of benzene rings is 2. The van der Waals surface area contributed by atoms with Crippen molar-refractivity contribution in [2.45, 2.75) is 19.5 Å². The second-order valence-corrected chi connectivity index (χ2v) is 8.41. The van der Waals surface area contributed by atoms with Crippen molar-refractivity contribution < 1.29 is 14.3 Å². The summed E-state index contributed by atoms with van der Waals surface area (Å²) in [4.78, 5) is 21.7. The molecule has 0 bridgehead atoms. The summed E-state index contributed by atoms with van der Waals surface area (Å²) in [5.74, 6) is 1.30. The molecule has 3 heterocycles. The smallest absolute Gasteiger partial charge is 0.262 e. The topological polar surface area (TPSA) is 82.7 Å². The number of rotatable bonds is 7. The van der Waals surface area contributed by atoms with Gasteiger partial charge in [-0.05, 0) is 36.8 Å². The lowest BCUT2D eigenvalue weighted by molar-refractivity contribution is -0.118. The molecule has 168 valence electrons. The van der Waals surface area contributed by atoms with Crippen LogP contribution in [0, 0.1) is 0 Å². The number of thiazole rings is 1. The monoisotopic (exact) mass is 461 g/mol. The van der Waals surface area contributed by atoms with Gasteiger partial charge in [-0.1, -0.05) is 6.07 Å². The number of amides is 1. The zero-order chi connectivity index (χ0) is 22.6. The Morgan fingerprint density at radius 3 is 3.03 bits per heavy atom. The molecular formula is C24H23N5O3S. The Labute approximate surface area is 194 Å². The first-order valence-electron chi connectivity index (χ1n) is 10.6. The molecule has 4 aromatic rings. The standard InChI is InChI=1S/C24H23N5O3S/c1-31-19-5-2-4-18(13-19)26-24-29(10-3-9-28-11-8-25-16-28)21(15-33-24)17-6-7-22-20(12-17)27-23(30)14-32-22/h2,4-8,11-13,15-16H,3,9-10,14H2,1H3,(H,27,30). The van der Waals surface area contributed by atoms with Gasteiger partial charge < -0.3 is 23.9 Å². The van der Waals surface area contributed by atoms with Gasteiger partial charge in [-0.3, -0.25) is 4.79 Å². The Kier molecular flexibility index (Phi) is 5.95. The fourth-order valence-corrected chi connectivity index (χ4v) is 4.68. The van der Waals surface area contributed by atoms with Crippen molar-refractivity contribution in [3.8, 4) is 22.8 Å². The van der Waals surface area contributed by atoms with Crippen molar-refractivity contribution in [3.05, 3.63) is 71.4 Å². The van der Waals surface area contributed by atoms with Gasteiger partial charge in [0.25, 0.3) is 5.91 Å². The maximum atomic E-state index is 11.8. The third-order valence-electron chi connectivity index (χ3n) is 5.34. The second kappa shape index (κ2) is 9.33. The highest BCUT2D eigenvalue weighted by Gasteiger charge is 2.18. The predicted octanol–water partition coefficient (Wildman–Crippen LogP) is 4.08. The number of methoxy groups -OCH3 is 1. The van der Waals surface area contributed by atoms with Crippen molar-refractivity contribution in [2.24, 2.45) is 4.99 Å². The first kappa shape index (κ1) is 21.0. The molecule has 1 amide bonds. The zero-order valence-electron chi connectivity index (χ0n) is 18.1. The number of aryl methyl sites for hydroxylation is 1. The van der Waals surface area contributed by atoms with Gasteiger partial charge >= 0.3 is 0 Å². The molecule has 0 unspecified atom stereocenters. The Hall–Kier alpha value is -3.85. The van der Waals surface area contributed by atoms with Gasteiger partial charge in [-0.2, -0.15) is 0 Å². The average Bonchev–Trinajstić information content (AvgIpc) is 3.49. The van der Waals surface area contributed by atoms with Crippen LogP contribution in [0.3, 0.4) is 0 Å². The van der Waals surface area contributed by atoms with E-state index >= 15 is 0 Å². The van der Waals surface area contributed by atoms with Crippen molar-refractivity contribution in [3.63, 3.8) is 0 Å². The molecule has 0 fully saturated rings. The highest BCUT2D eigenvalue weighted by Crippen LogP contribution is 2.33. The van der Waals surface area contributed by atoms with Crippen LogP contribution in [0.25, 0.3) is 11.3 Å². The third-order valence-corrected chi connectivity index (χ3v) is 6.20. The van der Waals surface area contributed by atoms with Gasteiger partial charge in [0.1, 0.15) is 11.5 Å². The summed E-state index contributed by atoms with van der Waals surface area (Å²) in [7, 11) is 1.65. The summed E-state index contributed by atoms with van der Waals surface area (Å²) in [6, 6.07) is 13.6. The van der Waals surface area contributed by atoms with Gasteiger partial charge in [0.2, 0.25) is 0 Å². The summed E-state index contributed by atoms with van der Waals surface area (Å²) in [6.07, 6.45) is 6.49. The number of hydrogen-bond acceptors (Lipinski definition) is 6. The SMILES string of the molecule is COc1cccc(N=c2scc(-c3ccc4c(c3)NC(=O)CO4)n2CCCn2ccnc2)c1. The van der Waals surface area contributed by atoms with Crippen LogP contribution in [0.15, 0.2) is 71.6 Å². The number of imidazole rings is 1. The minimum atomic E-state index is -0.146. The number of anilines is 1.